The van der Waals surface area contributed by atoms with Crippen molar-refractivity contribution in [1.29, 1.82) is 0 Å². The van der Waals surface area contributed by atoms with E-state index < -0.39 is 5.97 Å². The molecule has 4 saturated carbocycles. The average Bonchev–Trinajstić information content (AvgIpc) is 3.46. The Bertz CT molecular complexity index is 1230. The zero-order valence-corrected chi connectivity index (χ0v) is 22.3. The summed E-state index contributed by atoms with van der Waals surface area (Å²) in [5.74, 6) is 2.44. The summed E-state index contributed by atoms with van der Waals surface area (Å²) in [6, 6.07) is 3.39. The smallest absolute Gasteiger partial charge is 0.307 e. The molecule has 200 valence electrons. The molecule has 0 aliphatic heterocycles. The number of rotatable bonds is 5. The Morgan fingerprint density at radius 1 is 1.08 bits per heavy atom. The Labute approximate surface area is 218 Å². The van der Waals surface area contributed by atoms with Crippen LogP contribution in [0.15, 0.2) is 28.4 Å². The second kappa shape index (κ2) is 9.09. The molecule has 8 atom stereocenters. The minimum absolute atomic E-state index is 0.136. The molecule has 2 aromatic rings. The Balaban J connectivity index is 1.16. The van der Waals surface area contributed by atoms with Gasteiger partial charge in [0.2, 0.25) is 0 Å². The zero-order valence-electron chi connectivity index (χ0n) is 22.3. The number of fused-ring (bicyclic) bond motifs is 6. The monoisotopic (exact) mass is 509 g/mol. The van der Waals surface area contributed by atoms with E-state index in [0.717, 1.165) is 30.6 Å². The molecule has 6 nitrogen and oxygen atoms in total. The summed E-state index contributed by atoms with van der Waals surface area (Å²) in [5.41, 5.74) is 3.48. The number of hydrogen-bond acceptors (Lipinski definition) is 5. The van der Waals surface area contributed by atoms with Crippen LogP contribution in [0.3, 0.4) is 0 Å². The second-order valence-corrected chi connectivity index (χ2v) is 13.1. The number of carboxylic acids is 1. The van der Waals surface area contributed by atoms with E-state index in [2.05, 4.69) is 36.4 Å². The highest BCUT2D eigenvalue weighted by atomic mass is 19.1. The quantitative estimate of drug-likeness (QED) is 0.414. The van der Waals surface area contributed by atoms with Gasteiger partial charge in [-0.1, -0.05) is 25.5 Å². The molecule has 1 aromatic heterocycles. The van der Waals surface area contributed by atoms with Gasteiger partial charge in [-0.15, -0.1) is 0 Å². The molecule has 0 bridgehead atoms. The number of nitrogens with one attached hydrogen (secondary N) is 1. The van der Waals surface area contributed by atoms with Crippen molar-refractivity contribution < 1.29 is 18.9 Å². The van der Waals surface area contributed by atoms with E-state index in [0.29, 0.717) is 39.4 Å². The molecule has 2 N–H and O–H groups in total. The van der Waals surface area contributed by atoms with Gasteiger partial charge >= 0.3 is 5.97 Å². The highest BCUT2D eigenvalue weighted by molar-refractivity contribution is 5.78. The standard InChI is InChI=1S/C30H40FN3O3/c1-17(4-9-28(35)36)21-7-8-22-20-6-5-18-14-19(10-12-29(18,2)23(20)11-13-30(21,22)3)32-25-16-27-26(15-24(25)31)33-37-34-27/h4,15-16,18-23,32H,5-14H2,1-3H3,(H,35,36)/b17-4+/t18-,19?,20+,21?,22+,23+,29+,30-/m1/s1. The average molecular weight is 510 g/mol. The topological polar surface area (TPSA) is 88.2 Å². The number of carbonyl (C=O) groups is 1. The maximum Gasteiger partial charge on any atom is 0.307 e. The van der Waals surface area contributed by atoms with Gasteiger partial charge in [-0.05, 0) is 122 Å². The molecule has 2 unspecified atom stereocenters. The summed E-state index contributed by atoms with van der Waals surface area (Å²) < 4.78 is 19.5. The predicted molar refractivity (Wildman–Crippen MR) is 140 cm³/mol. The molecular formula is C30H40FN3O3. The molecule has 4 fully saturated rings. The lowest BCUT2D eigenvalue weighted by Crippen LogP contribution is -2.54. The third-order valence-electron chi connectivity index (χ3n) is 11.5. The van der Waals surface area contributed by atoms with Crippen LogP contribution in [-0.2, 0) is 4.79 Å². The number of carboxylic acid groups (broad SMARTS) is 1. The molecule has 0 saturated heterocycles. The van der Waals surface area contributed by atoms with Crippen molar-refractivity contribution in [3.63, 3.8) is 0 Å². The van der Waals surface area contributed by atoms with E-state index in [1.165, 1.54) is 56.6 Å². The van der Waals surface area contributed by atoms with Gasteiger partial charge < -0.3 is 10.4 Å². The molecule has 0 spiro atoms. The normalized spacial score (nSPS) is 39.6. The van der Waals surface area contributed by atoms with E-state index in [1.807, 2.05) is 6.08 Å². The van der Waals surface area contributed by atoms with Gasteiger partial charge in [0.25, 0.3) is 0 Å². The molecular weight excluding hydrogens is 469 g/mol. The molecule has 4 aliphatic carbocycles. The summed E-state index contributed by atoms with van der Waals surface area (Å²) in [6.07, 6.45) is 13.0. The van der Waals surface area contributed by atoms with E-state index in [1.54, 1.807) is 6.07 Å². The lowest BCUT2D eigenvalue weighted by atomic mass is 9.44. The van der Waals surface area contributed by atoms with Gasteiger partial charge in [0, 0.05) is 12.1 Å². The lowest BCUT2D eigenvalue weighted by Gasteiger charge is -2.61. The molecule has 37 heavy (non-hydrogen) atoms. The Morgan fingerprint density at radius 2 is 1.81 bits per heavy atom. The number of hydrogen-bond donors (Lipinski definition) is 2. The Hall–Kier alpha value is -2.44. The number of aromatic nitrogens is 2. The van der Waals surface area contributed by atoms with Gasteiger partial charge in [0.1, 0.15) is 16.9 Å². The molecule has 6 rings (SSSR count). The van der Waals surface area contributed by atoms with Gasteiger partial charge in [0.15, 0.2) is 0 Å². The van der Waals surface area contributed by atoms with Crippen LogP contribution in [0.1, 0.15) is 85.0 Å². The van der Waals surface area contributed by atoms with Crippen LogP contribution < -0.4 is 5.32 Å². The van der Waals surface area contributed by atoms with Crippen molar-refractivity contribution >= 4 is 22.7 Å². The van der Waals surface area contributed by atoms with Crippen molar-refractivity contribution in [2.24, 2.45) is 40.4 Å². The molecule has 7 heteroatoms. The SMILES string of the molecule is C/C(=C\CC(=O)O)C1CC[C@H]2[C@@H]3CC[C@@H]4CC(Nc5cc6nonc6cc5F)CC[C@]4(C)[C@H]3CC[C@]12C. The van der Waals surface area contributed by atoms with Gasteiger partial charge in [0.05, 0.1) is 12.1 Å². The van der Waals surface area contributed by atoms with Crippen molar-refractivity contribution in [1.82, 2.24) is 10.3 Å². The van der Waals surface area contributed by atoms with Crippen LogP contribution in [0.5, 0.6) is 0 Å². The van der Waals surface area contributed by atoms with Crippen LogP contribution in [0.2, 0.25) is 0 Å². The highest BCUT2D eigenvalue weighted by Gasteiger charge is 2.60. The Morgan fingerprint density at radius 3 is 2.59 bits per heavy atom. The molecule has 4 aliphatic rings. The number of benzene rings is 1. The summed E-state index contributed by atoms with van der Waals surface area (Å²) in [6.45, 7) is 7.24. The number of allylic oxidation sites excluding steroid dienone is 1. The van der Waals surface area contributed by atoms with E-state index >= 15 is 0 Å². The van der Waals surface area contributed by atoms with Crippen LogP contribution >= 0.6 is 0 Å². The van der Waals surface area contributed by atoms with Gasteiger partial charge in [-0.2, -0.15) is 0 Å². The summed E-state index contributed by atoms with van der Waals surface area (Å²) in [5, 5.41) is 20.3. The first kappa shape index (κ1) is 24.9. The van der Waals surface area contributed by atoms with Crippen molar-refractivity contribution in [3.05, 3.63) is 29.6 Å². The number of halogens is 1. The molecule has 1 aromatic carbocycles. The first-order chi connectivity index (χ1) is 17.7. The predicted octanol–water partition coefficient (Wildman–Crippen LogP) is 7.22. The van der Waals surface area contributed by atoms with E-state index in [9.17, 15) is 9.18 Å². The fraction of sp³-hybridized carbons (Fsp3) is 0.700. The maximum absolute atomic E-state index is 14.7. The highest BCUT2D eigenvalue weighted by Crippen LogP contribution is 2.68. The number of anilines is 1. The largest absolute Gasteiger partial charge is 0.481 e. The van der Waals surface area contributed by atoms with Crippen LogP contribution in [-0.4, -0.2) is 27.4 Å². The lowest BCUT2D eigenvalue weighted by molar-refractivity contribution is -0.136. The molecule has 0 radical (unpaired) electrons. The molecule has 1 heterocycles. The second-order valence-electron chi connectivity index (χ2n) is 13.1. The number of aliphatic carboxylic acids is 1. The first-order valence-corrected chi connectivity index (χ1v) is 14.3. The van der Waals surface area contributed by atoms with Crippen molar-refractivity contribution in [3.8, 4) is 0 Å². The zero-order chi connectivity index (χ0) is 25.9. The number of nitrogens with zero attached hydrogens (tertiary/aromatic N) is 2. The van der Waals surface area contributed by atoms with Crippen LogP contribution in [0.4, 0.5) is 10.1 Å². The maximum atomic E-state index is 14.7. The summed E-state index contributed by atoms with van der Waals surface area (Å²) in [4.78, 5) is 11.1. The third kappa shape index (κ3) is 4.08. The minimum atomic E-state index is -0.738. The summed E-state index contributed by atoms with van der Waals surface area (Å²) >= 11 is 0. The minimum Gasteiger partial charge on any atom is -0.481 e. The van der Waals surface area contributed by atoms with Crippen LogP contribution in [0.25, 0.3) is 11.0 Å². The van der Waals surface area contributed by atoms with Gasteiger partial charge in [-0.25, -0.2) is 9.02 Å². The van der Waals surface area contributed by atoms with Gasteiger partial charge in [-0.3, -0.25) is 4.79 Å². The fourth-order valence-corrected chi connectivity index (χ4v) is 9.66. The first-order valence-electron chi connectivity index (χ1n) is 14.3. The Kier molecular flexibility index (Phi) is 6.11. The third-order valence-corrected chi connectivity index (χ3v) is 11.5. The fourth-order valence-electron chi connectivity index (χ4n) is 9.66. The van der Waals surface area contributed by atoms with E-state index in [-0.39, 0.29) is 18.3 Å². The van der Waals surface area contributed by atoms with Crippen LogP contribution in [0, 0.1) is 46.2 Å². The molecule has 0 amide bonds. The van der Waals surface area contributed by atoms with E-state index in [4.69, 9.17) is 9.74 Å². The van der Waals surface area contributed by atoms with Crippen molar-refractivity contribution in [2.45, 2.75) is 91.0 Å². The van der Waals surface area contributed by atoms with Crippen molar-refractivity contribution in [2.75, 3.05) is 5.32 Å². The summed E-state index contributed by atoms with van der Waals surface area (Å²) in [7, 11) is 0.